The summed E-state index contributed by atoms with van der Waals surface area (Å²) in [7, 11) is 0.547. The van der Waals surface area contributed by atoms with Crippen molar-refractivity contribution in [2.45, 2.75) is 4.90 Å². The maximum absolute atomic E-state index is 13.4. The van der Waals surface area contributed by atoms with E-state index in [9.17, 15) is 8.42 Å². The molecule has 0 aliphatic rings. The molecule has 0 amide bonds. The van der Waals surface area contributed by atoms with Crippen LogP contribution in [-0.2, 0) is 10.0 Å². The first-order valence-electron chi connectivity index (χ1n) is 8.98. The van der Waals surface area contributed by atoms with Gasteiger partial charge in [-0.3, -0.25) is 9.29 Å². The number of pyridine rings is 1. The molecule has 0 unspecified atom stereocenters. The largest absolute Gasteiger partial charge is 0.493 e. The molecule has 4 aromatic rings. The Labute approximate surface area is 182 Å². The molecule has 160 valence electrons. The summed E-state index contributed by atoms with van der Waals surface area (Å²) in [5.74, 6) is 1.37. The minimum atomic E-state index is -3.92. The van der Waals surface area contributed by atoms with Gasteiger partial charge in [-0.2, -0.15) is 4.98 Å². The van der Waals surface area contributed by atoms with Crippen LogP contribution in [-0.4, -0.2) is 44.8 Å². The highest BCUT2D eigenvalue weighted by atomic mass is 32.2. The molecular weight excluding hydrogens is 440 g/mol. The second-order valence-corrected chi connectivity index (χ2v) is 9.14. The van der Waals surface area contributed by atoms with E-state index < -0.39 is 10.0 Å². The molecule has 4 rings (SSSR count). The fourth-order valence-electron chi connectivity index (χ4n) is 2.89. The molecule has 0 aliphatic carbocycles. The van der Waals surface area contributed by atoms with E-state index in [-0.39, 0.29) is 10.8 Å². The quantitative estimate of drug-likeness (QED) is 0.413. The molecule has 0 spiro atoms. The van der Waals surface area contributed by atoms with E-state index in [1.807, 2.05) is 0 Å². The van der Waals surface area contributed by atoms with Gasteiger partial charge in [0.15, 0.2) is 11.5 Å². The van der Waals surface area contributed by atoms with E-state index in [1.165, 1.54) is 43.0 Å². The van der Waals surface area contributed by atoms with Crippen LogP contribution in [0.25, 0.3) is 22.2 Å². The van der Waals surface area contributed by atoms with Gasteiger partial charge in [0.05, 0.1) is 19.9 Å². The maximum atomic E-state index is 13.4. The zero-order chi connectivity index (χ0) is 22.0. The first kappa shape index (κ1) is 20.8. The Balaban J connectivity index is 1.70. The Hall–Kier alpha value is -3.44. The summed E-state index contributed by atoms with van der Waals surface area (Å²) in [4.78, 5) is 8.81. The van der Waals surface area contributed by atoms with Gasteiger partial charge in [-0.1, -0.05) is 5.16 Å². The van der Waals surface area contributed by atoms with Crippen molar-refractivity contribution in [1.29, 1.82) is 0 Å². The number of hydrogen-bond donors (Lipinski definition) is 0. The summed E-state index contributed by atoms with van der Waals surface area (Å²) in [5.41, 5.74) is 1.08. The lowest BCUT2D eigenvalue weighted by molar-refractivity contribution is 0.355. The Kier molecular flexibility index (Phi) is 5.61. The average molecular weight is 459 g/mol. The summed E-state index contributed by atoms with van der Waals surface area (Å²) >= 11 is 1.20. The highest BCUT2D eigenvalue weighted by Gasteiger charge is 2.29. The van der Waals surface area contributed by atoms with Gasteiger partial charge >= 0.3 is 0 Å². The zero-order valence-electron chi connectivity index (χ0n) is 16.8. The molecule has 0 atom stereocenters. The van der Waals surface area contributed by atoms with Crippen molar-refractivity contribution in [3.8, 4) is 33.7 Å². The van der Waals surface area contributed by atoms with E-state index in [1.54, 1.807) is 48.1 Å². The molecule has 0 radical (unpaired) electrons. The van der Waals surface area contributed by atoms with Crippen LogP contribution in [0.5, 0.6) is 11.5 Å². The van der Waals surface area contributed by atoms with Crippen LogP contribution in [0.4, 0.5) is 5.69 Å². The van der Waals surface area contributed by atoms with Gasteiger partial charge in [0.25, 0.3) is 15.9 Å². The highest BCUT2D eigenvalue weighted by molar-refractivity contribution is 7.93. The molecular formula is C20H18N4O5S2. The van der Waals surface area contributed by atoms with Crippen molar-refractivity contribution in [1.82, 2.24) is 15.1 Å². The van der Waals surface area contributed by atoms with E-state index in [4.69, 9.17) is 14.0 Å². The van der Waals surface area contributed by atoms with Crippen LogP contribution in [0.3, 0.4) is 0 Å². The number of hydrogen-bond acceptors (Lipinski definition) is 9. The number of benzene rings is 1. The van der Waals surface area contributed by atoms with Crippen molar-refractivity contribution in [2.24, 2.45) is 0 Å². The number of ether oxygens (including phenoxy) is 2. The first-order valence-corrected chi connectivity index (χ1v) is 11.3. The van der Waals surface area contributed by atoms with Crippen molar-refractivity contribution in [3.05, 3.63) is 54.2 Å². The predicted octanol–water partition coefficient (Wildman–Crippen LogP) is 3.70. The molecule has 0 saturated carbocycles. The highest BCUT2D eigenvalue weighted by Crippen LogP contribution is 2.37. The predicted molar refractivity (Wildman–Crippen MR) is 116 cm³/mol. The number of rotatable bonds is 7. The Morgan fingerprint density at radius 1 is 1.10 bits per heavy atom. The molecule has 0 N–H and O–H groups in total. The number of methoxy groups -OCH3 is 2. The first-order chi connectivity index (χ1) is 15.0. The minimum Gasteiger partial charge on any atom is -0.493 e. The number of aromatic nitrogens is 3. The third kappa shape index (κ3) is 3.84. The van der Waals surface area contributed by atoms with Gasteiger partial charge in [-0.25, -0.2) is 8.42 Å². The lowest BCUT2D eigenvalue weighted by atomic mass is 10.3. The zero-order valence-corrected chi connectivity index (χ0v) is 18.5. The van der Waals surface area contributed by atoms with Gasteiger partial charge in [-0.15, -0.1) is 11.3 Å². The summed E-state index contributed by atoms with van der Waals surface area (Å²) < 4.78 is 43.8. The number of thiophene rings is 1. The van der Waals surface area contributed by atoms with Crippen LogP contribution < -0.4 is 13.8 Å². The monoisotopic (exact) mass is 458 g/mol. The molecule has 11 heteroatoms. The molecule has 0 aliphatic heterocycles. The second kappa shape index (κ2) is 8.36. The standard InChI is InChI=1S/C20H18N4O5S2/c1-24(14-6-7-15(27-2)16(11-14)28-3)31(25,26)17-8-10-30-18(17)20-22-19(23-29-20)13-5-4-9-21-12-13/h4-12H,1-3H3. The molecule has 0 fully saturated rings. The number of sulfonamides is 1. The molecule has 0 saturated heterocycles. The maximum Gasteiger partial charge on any atom is 0.269 e. The summed E-state index contributed by atoms with van der Waals surface area (Å²) in [6.07, 6.45) is 3.24. The Morgan fingerprint density at radius 2 is 1.90 bits per heavy atom. The topological polar surface area (TPSA) is 108 Å². The van der Waals surface area contributed by atoms with Gasteiger partial charge < -0.3 is 14.0 Å². The summed E-state index contributed by atoms with van der Waals surface area (Å²) in [6, 6.07) is 9.93. The van der Waals surface area contributed by atoms with Crippen LogP contribution in [0.1, 0.15) is 0 Å². The van der Waals surface area contributed by atoms with Crippen LogP contribution in [0, 0.1) is 0 Å². The number of nitrogens with zero attached hydrogens (tertiary/aromatic N) is 4. The Bertz CT molecular complexity index is 1300. The molecule has 0 bridgehead atoms. The fraction of sp³-hybridized carbons (Fsp3) is 0.150. The van der Waals surface area contributed by atoms with Crippen LogP contribution >= 0.6 is 11.3 Å². The third-order valence-electron chi connectivity index (χ3n) is 4.54. The lowest BCUT2D eigenvalue weighted by Gasteiger charge is -2.20. The summed E-state index contributed by atoms with van der Waals surface area (Å²) in [5, 5.41) is 5.62. The third-order valence-corrected chi connectivity index (χ3v) is 7.40. The van der Waals surface area contributed by atoms with Gasteiger partial charge in [0, 0.05) is 31.1 Å². The van der Waals surface area contributed by atoms with E-state index in [2.05, 4.69) is 15.1 Å². The van der Waals surface area contributed by atoms with Gasteiger partial charge in [0.1, 0.15) is 9.77 Å². The minimum absolute atomic E-state index is 0.0659. The van der Waals surface area contributed by atoms with Crippen molar-refractivity contribution in [2.75, 3.05) is 25.6 Å². The van der Waals surface area contributed by atoms with Gasteiger partial charge in [0.2, 0.25) is 5.82 Å². The van der Waals surface area contributed by atoms with Crippen molar-refractivity contribution < 1.29 is 22.4 Å². The van der Waals surface area contributed by atoms with Crippen LogP contribution in [0.15, 0.2) is 63.6 Å². The number of anilines is 1. The second-order valence-electron chi connectivity index (χ2n) is 6.29. The van der Waals surface area contributed by atoms with E-state index in [0.717, 1.165) is 0 Å². The average Bonchev–Trinajstić information content (AvgIpc) is 3.48. The molecule has 3 heterocycles. The van der Waals surface area contributed by atoms with E-state index in [0.29, 0.717) is 33.5 Å². The van der Waals surface area contributed by atoms with Crippen molar-refractivity contribution in [3.63, 3.8) is 0 Å². The molecule has 3 aromatic heterocycles. The molecule has 9 nitrogen and oxygen atoms in total. The Morgan fingerprint density at radius 3 is 2.61 bits per heavy atom. The van der Waals surface area contributed by atoms with Gasteiger partial charge in [-0.05, 0) is 35.7 Å². The fourth-order valence-corrected chi connectivity index (χ4v) is 5.39. The smallest absolute Gasteiger partial charge is 0.269 e. The SMILES string of the molecule is COc1ccc(N(C)S(=O)(=O)c2ccsc2-c2nc(-c3cccnc3)no2)cc1OC. The van der Waals surface area contributed by atoms with Crippen molar-refractivity contribution >= 4 is 27.0 Å². The normalized spacial score (nSPS) is 11.3. The summed E-state index contributed by atoms with van der Waals surface area (Å²) in [6.45, 7) is 0. The van der Waals surface area contributed by atoms with E-state index >= 15 is 0 Å². The molecule has 1 aromatic carbocycles. The van der Waals surface area contributed by atoms with Crippen LogP contribution in [0.2, 0.25) is 0 Å². The molecule has 31 heavy (non-hydrogen) atoms. The lowest BCUT2D eigenvalue weighted by Crippen LogP contribution is -2.26.